The molecular formula is C18H20Cl2N2O2. The lowest BCUT2D eigenvalue weighted by atomic mass is 10.1. The van der Waals surface area contributed by atoms with E-state index in [1.54, 1.807) is 7.11 Å². The summed E-state index contributed by atoms with van der Waals surface area (Å²) >= 11 is 12.3. The Bertz CT molecular complexity index is 789. The molecule has 2 N–H and O–H groups in total. The van der Waals surface area contributed by atoms with E-state index < -0.39 is 6.10 Å². The van der Waals surface area contributed by atoms with E-state index in [9.17, 15) is 5.11 Å². The van der Waals surface area contributed by atoms with Gasteiger partial charge >= 0.3 is 0 Å². The molecule has 0 unspecified atom stereocenters. The molecule has 3 aromatic rings. The maximum atomic E-state index is 10.4. The molecule has 24 heavy (non-hydrogen) atoms. The van der Waals surface area contributed by atoms with Gasteiger partial charge in [0.1, 0.15) is 0 Å². The minimum atomic E-state index is -0.507. The monoisotopic (exact) mass is 366 g/mol. The summed E-state index contributed by atoms with van der Waals surface area (Å²) < 4.78 is 7.10. The maximum Gasteiger partial charge on any atom is 0.0843 e. The fourth-order valence-corrected chi connectivity index (χ4v) is 3.31. The summed E-state index contributed by atoms with van der Waals surface area (Å²) in [6.45, 7) is 2.33. The maximum absolute atomic E-state index is 10.4. The lowest BCUT2D eigenvalue weighted by Gasteiger charge is -2.15. The van der Waals surface area contributed by atoms with E-state index in [-0.39, 0.29) is 0 Å². The molecule has 0 aliphatic carbocycles. The van der Waals surface area contributed by atoms with Gasteiger partial charge in [0.15, 0.2) is 0 Å². The fourth-order valence-electron chi connectivity index (χ4n) is 2.96. The number of fused-ring (bicyclic) bond motifs is 3. The van der Waals surface area contributed by atoms with Crippen molar-refractivity contribution >= 4 is 45.0 Å². The van der Waals surface area contributed by atoms with Crippen LogP contribution in [0.25, 0.3) is 21.8 Å². The molecule has 128 valence electrons. The average Bonchev–Trinajstić information content (AvgIpc) is 2.84. The highest BCUT2D eigenvalue weighted by atomic mass is 35.5. The van der Waals surface area contributed by atoms with Crippen molar-refractivity contribution in [3.8, 4) is 0 Å². The zero-order chi connectivity index (χ0) is 17.1. The predicted molar refractivity (Wildman–Crippen MR) is 100 cm³/mol. The molecule has 1 atom stereocenters. The summed E-state index contributed by atoms with van der Waals surface area (Å²) in [5.74, 6) is 0. The summed E-state index contributed by atoms with van der Waals surface area (Å²) in [7, 11) is 1.66. The van der Waals surface area contributed by atoms with Crippen molar-refractivity contribution in [3.05, 3.63) is 46.4 Å². The van der Waals surface area contributed by atoms with Crippen LogP contribution in [0.4, 0.5) is 0 Å². The van der Waals surface area contributed by atoms with Crippen molar-refractivity contribution in [1.82, 2.24) is 9.88 Å². The number of hydrogen-bond acceptors (Lipinski definition) is 3. The molecule has 0 amide bonds. The molecule has 0 saturated carbocycles. The van der Waals surface area contributed by atoms with Gasteiger partial charge in [0.25, 0.3) is 0 Å². The first kappa shape index (κ1) is 17.5. The van der Waals surface area contributed by atoms with Gasteiger partial charge in [-0.3, -0.25) is 0 Å². The molecule has 6 heteroatoms. The number of aliphatic hydroxyl groups is 1. The third-order valence-electron chi connectivity index (χ3n) is 4.05. The van der Waals surface area contributed by atoms with Crippen LogP contribution in [-0.4, -0.2) is 42.6 Å². The van der Waals surface area contributed by atoms with Crippen LogP contribution in [0.15, 0.2) is 36.4 Å². The van der Waals surface area contributed by atoms with Gasteiger partial charge in [-0.05, 0) is 36.4 Å². The van der Waals surface area contributed by atoms with E-state index in [2.05, 4.69) is 9.88 Å². The van der Waals surface area contributed by atoms with Crippen molar-refractivity contribution in [2.24, 2.45) is 0 Å². The highest BCUT2D eigenvalue weighted by molar-refractivity contribution is 6.33. The Balaban J connectivity index is 1.93. The van der Waals surface area contributed by atoms with Crippen LogP contribution in [0.2, 0.25) is 10.0 Å². The van der Waals surface area contributed by atoms with E-state index >= 15 is 0 Å². The number of nitrogens with zero attached hydrogens (tertiary/aromatic N) is 1. The molecule has 0 aliphatic rings. The number of nitrogens with one attached hydrogen (secondary N) is 1. The number of methoxy groups -OCH3 is 1. The zero-order valence-corrected chi connectivity index (χ0v) is 14.9. The van der Waals surface area contributed by atoms with E-state index in [0.29, 0.717) is 36.3 Å². The number of ether oxygens (including phenoxy) is 1. The molecule has 1 aromatic heterocycles. The van der Waals surface area contributed by atoms with Crippen LogP contribution in [0, 0.1) is 0 Å². The molecule has 0 fully saturated rings. The SMILES string of the molecule is COCCNC[C@H](O)Cn1c2ccc(Cl)cc2c2cc(Cl)ccc21. The standard InChI is InChI=1S/C18H20Cl2N2O2/c1-24-7-6-21-10-14(23)11-22-17-4-2-12(19)8-15(17)16-9-13(20)3-5-18(16)22/h2-5,8-9,14,21,23H,6-7,10-11H2,1H3/t14-/m0/s1. The first-order chi connectivity index (χ1) is 11.6. The minimum absolute atomic E-state index is 0.489. The van der Waals surface area contributed by atoms with Crippen LogP contribution in [0.1, 0.15) is 0 Å². The van der Waals surface area contributed by atoms with Crippen molar-refractivity contribution in [2.75, 3.05) is 26.8 Å². The third-order valence-corrected chi connectivity index (χ3v) is 4.52. The Kier molecular flexibility index (Phi) is 5.64. The van der Waals surface area contributed by atoms with Gasteiger partial charge in [-0.1, -0.05) is 23.2 Å². The highest BCUT2D eigenvalue weighted by Gasteiger charge is 2.14. The second-order valence-electron chi connectivity index (χ2n) is 5.78. The predicted octanol–water partition coefficient (Wildman–Crippen LogP) is 3.70. The molecule has 1 heterocycles. The van der Waals surface area contributed by atoms with Crippen molar-refractivity contribution in [1.29, 1.82) is 0 Å². The summed E-state index contributed by atoms with van der Waals surface area (Å²) in [6, 6.07) is 11.6. The molecule has 3 rings (SSSR count). The minimum Gasteiger partial charge on any atom is -0.390 e. The van der Waals surface area contributed by atoms with Gasteiger partial charge in [-0.15, -0.1) is 0 Å². The Morgan fingerprint density at radius 3 is 2.21 bits per heavy atom. The molecule has 0 radical (unpaired) electrons. The van der Waals surface area contributed by atoms with Crippen LogP contribution >= 0.6 is 23.2 Å². The molecule has 0 saturated heterocycles. The van der Waals surface area contributed by atoms with E-state index in [1.807, 2.05) is 36.4 Å². The second-order valence-corrected chi connectivity index (χ2v) is 6.66. The van der Waals surface area contributed by atoms with Crippen LogP contribution < -0.4 is 5.32 Å². The molecule has 0 aliphatic heterocycles. The van der Waals surface area contributed by atoms with Gasteiger partial charge in [0.2, 0.25) is 0 Å². The average molecular weight is 367 g/mol. The summed E-state index contributed by atoms with van der Waals surface area (Å²) in [5.41, 5.74) is 2.07. The van der Waals surface area contributed by atoms with Gasteiger partial charge in [-0.2, -0.15) is 0 Å². The number of hydrogen-bond donors (Lipinski definition) is 2. The quantitative estimate of drug-likeness (QED) is 0.626. The molecule has 0 bridgehead atoms. The topological polar surface area (TPSA) is 46.4 Å². The van der Waals surface area contributed by atoms with Gasteiger partial charge in [0.05, 0.1) is 19.3 Å². The Morgan fingerprint density at radius 1 is 1.08 bits per heavy atom. The molecule has 2 aromatic carbocycles. The summed E-state index contributed by atoms with van der Waals surface area (Å²) in [6.07, 6.45) is -0.507. The zero-order valence-electron chi connectivity index (χ0n) is 13.4. The Morgan fingerprint density at radius 2 is 1.67 bits per heavy atom. The number of aromatic nitrogens is 1. The Hall–Kier alpha value is -1.30. The van der Waals surface area contributed by atoms with Gasteiger partial charge in [-0.25, -0.2) is 0 Å². The molecule has 4 nitrogen and oxygen atoms in total. The summed E-state index contributed by atoms with van der Waals surface area (Å²) in [4.78, 5) is 0. The van der Waals surface area contributed by atoms with E-state index in [4.69, 9.17) is 27.9 Å². The van der Waals surface area contributed by atoms with E-state index in [1.165, 1.54) is 0 Å². The fraction of sp³-hybridized carbons (Fsp3) is 0.333. The van der Waals surface area contributed by atoms with Crippen LogP contribution in [-0.2, 0) is 11.3 Å². The first-order valence-electron chi connectivity index (χ1n) is 7.85. The third kappa shape index (κ3) is 3.68. The normalized spacial score (nSPS) is 13.0. The number of benzene rings is 2. The van der Waals surface area contributed by atoms with Crippen LogP contribution in [0.5, 0.6) is 0 Å². The van der Waals surface area contributed by atoms with Gasteiger partial charge in [0, 0.05) is 52.1 Å². The number of aliphatic hydroxyl groups excluding tert-OH is 1. The smallest absolute Gasteiger partial charge is 0.0843 e. The largest absolute Gasteiger partial charge is 0.390 e. The van der Waals surface area contributed by atoms with Crippen molar-refractivity contribution < 1.29 is 9.84 Å². The molecular weight excluding hydrogens is 347 g/mol. The molecule has 0 spiro atoms. The van der Waals surface area contributed by atoms with Gasteiger partial charge < -0.3 is 19.7 Å². The Labute approximate surface area is 150 Å². The highest BCUT2D eigenvalue weighted by Crippen LogP contribution is 2.32. The lowest BCUT2D eigenvalue weighted by molar-refractivity contribution is 0.146. The second kappa shape index (κ2) is 7.72. The van der Waals surface area contributed by atoms with Crippen LogP contribution in [0.3, 0.4) is 0 Å². The lowest BCUT2D eigenvalue weighted by Crippen LogP contribution is -2.32. The van der Waals surface area contributed by atoms with E-state index in [0.717, 1.165) is 21.8 Å². The number of rotatable bonds is 7. The summed E-state index contributed by atoms with van der Waals surface area (Å²) in [5, 5.41) is 17.0. The van der Waals surface area contributed by atoms with Crippen molar-refractivity contribution in [2.45, 2.75) is 12.6 Å². The number of halogens is 2. The first-order valence-corrected chi connectivity index (χ1v) is 8.60. The van der Waals surface area contributed by atoms with Crippen molar-refractivity contribution in [3.63, 3.8) is 0 Å².